The zero-order valence-corrected chi connectivity index (χ0v) is 26.3. The Morgan fingerprint density at radius 2 is 0.667 bits per heavy atom. The smallest absolute Gasteiger partial charge is 0.00259 e. The monoisotopic (exact) mass is 606 g/mol. The quantitative estimate of drug-likeness (QED) is 0.176. The van der Waals surface area contributed by atoms with E-state index in [0.717, 1.165) is 0 Å². The van der Waals surface area contributed by atoms with Crippen molar-refractivity contribution in [2.75, 3.05) is 0 Å². The van der Waals surface area contributed by atoms with Gasteiger partial charge in [-0.2, -0.15) is 0 Å². The second-order valence-electron chi connectivity index (χ2n) is 12.8. The molecule has 10 aromatic carbocycles. The Morgan fingerprint density at radius 3 is 1.33 bits per heavy atom. The summed E-state index contributed by atoms with van der Waals surface area (Å²) in [5.74, 6) is 0. The van der Waals surface area contributed by atoms with Gasteiger partial charge in [0.05, 0.1) is 0 Å². The molecule has 0 N–H and O–H groups in total. The minimum absolute atomic E-state index is 1.24. The highest BCUT2D eigenvalue weighted by atomic mass is 14.2. The lowest BCUT2D eigenvalue weighted by molar-refractivity contribution is 1.66. The number of benzene rings is 10. The Morgan fingerprint density at radius 1 is 0.208 bits per heavy atom. The van der Waals surface area contributed by atoms with Gasteiger partial charge in [-0.3, -0.25) is 0 Å². The minimum Gasteiger partial charge on any atom is -0.0616 e. The van der Waals surface area contributed by atoms with Crippen LogP contribution in [-0.2, 0) is 0 Å². The van der Waals surface area contributed by atoms with E-state index in [2.05, 4.69) is 182 Å². The van der Waals surface area contributed by atoms with E-state index in [4.69, 9.17) is 0 Å². The maximum atomic E-state index is 2.44. The molecule has 48 heavy (non-hydrogen) atoms. The molecule has 0 radical (unpaired) electrons. The SMILES string of the molecule is c1ccc2cc(-c3ccc(-c4cc5cc(-c6cccc7ccccc67)c6ccccc6c5c5ccccc45)c4ccccc34)ccc2c1. The normalized spacial score (nSPS) is 11.8. The van der Waals surface area contributed by atoms with Crippen LogP contribution in [0.5, 0.6) is 0 Å². The van der Waals surface area contributed by atoms with E-state index in [1.54, 1.807) is 0 Å². The Hall–Kier alpha value is -6.24. The van der Waals surface area contributed by atoms with Crippen molar-refractivity contribution < 1.29 is 0 Å². The van der Waals surface area contributed by atoms with Crippen LogP contribution in [0.15, 0.2) is 182 Å². The van der Waals surface area contributed by atoms with Gasteiger partial charge < -0.3 is 0 Å². The first-order valence-corrected chi connectivity index (χ1v) is 16.7. The van der Waals surface area contributed by atoms with E-state index in [0.29, 0.717) is 0 Å². The molecule has 0 aliphatic rings. The van der Waals surface area contributed by atoms with Crippen molar-refractivity contribution >= 4 is 64.6 Å². The van der Waals surface area contributed by atoms with Gasteiger partial charge in [0.2, 0.25) is 0 Å². The third-order valence-electron chi connectivity index (χ3n) is 10.2. The lowest BCUT2D eigenvalue weighted by Gasteiger charge is -2.18. The Balaban J connectivity index is 1.27. The van der Waals surface area contributed by atoms with Crippen molar-refractivity contribution in [3.05, 3.63) is 182 Å². The van der Waals surface area contributed by atoms with E-state index in [9.17, 15) is 0 Å². The van der Waals surface area contributed by atoms with Gasteiger partial charge in [0.25, 0.3) is 0 Å². The predicted octanol–water partition coefficient (Wildman–Crippen LogP) is 13.6. The zero-order valence-electron chi connectivity index (χ0n) is 26.3. The van der Waals surface area contributed by atoms with Gasteiger partial charge in [0.15, 0.2) is 0 Å². The molecule has 0 aromatic heterocycles. The molecule has 0 spiro atoms. The first kappa shape index (κ1) is 26.9. The average Bonchev–Trinajstić information content (AvgIpc) is 3.16. The second-order valence-corrected chi connectivity index (χ2v) is 12.8. The van der Waals surface area contributed by atoms with Crippen LogP contribution in [0.3, 0.4) is 0 Å². The van der Waals surface area contributed by atoms with E-state index in [1.165, 1.54) is 98.0 Å². The van der Waals surface area contributed by atoms with Gasteiger partial charge in [-0.1, -0.05) is 164 Å². The first-order chi connectivity index (χ1) is 23.8. The maximum Gasteiger partial charge on any atom is -0.00259 e. The van der Waals surface area contributed by atoms with Crippen LogP contribution in [0.2, 0.25) is 0 Å². The number of fused-ring (bicyclic) bond motifs is 8. The van der Waals surface area contributed by atoms with Crippen molar-refractivity contribution in [3.8, 4) is 33.4 Å². The molecule has 0 saturated carbocycles. The molecule has 0 aliphatic carbocycles. The van der Waals surface area contributed by atoms with E-state index < -0.39 is 0 Å². The summed E-state index contributed by atoms with van der Waals surface area (Å²) in [5, 5.41) is 15.3. The van der Waals surface area contributed by atoms with Crippen molar-refractivity contribution in [1.29, 1.82) is 0 Å². The van der Waals surface area contributed by atoms with Crippen molar-refractivity contribution in [3.63, 3.8) is 0 Å². The molecule has 0 saturated heterocycles. The summed E-state index contributed by atoms with van der Waals surface area (Å²) < 4.78 is 0. The van der Waals surface area contributed by atoms with Gasteiger partial charge in [0, 0.05) is 0 Å². The van der Waals surface area contributed by atoms with Crippen LogP contribution in [0.25, 0.3) is 98.0 Å². The number of hydrogen-bond acceptors (Lipinski definition) is 0. The fourth-order valence-electron chi connectivity index (χ4n) is 8.03. The number of rotatable bonds is 3. The molecule has 0 unspecified atom stereocenters. The molecule has 0 aliphatic heterocycles. The van der Waals surface area contributed by atoms with Crippen molar-refractivity contribution in [2.24, 2.45) is 0 Å². The summed E-state index contributed by atoms with van der Waals surface area (Å²) in [7, 11) is 0. The van der Waals surface area contributed by atoms with E-state index in [1.807, 2.05) is 0 Å². The number of hydrogen-bond donors (Lipinski definition) is 0. The standard InChI is InChI=1S/C48H30/c1-2-14-33-28-34(25-24-31(33)12-1)37-26-27-43(40-18-6-5-17-38(37)40)47-30-35-29-46(39-23-11-15-32-13-3-4-16-36(32)39)41-19-7-9-21-44(41)48(35)45-22-10-8-20-42(45)47/h1-30H. The summed E-state index contributed by atoms with van der Waals surface area (Å²) >= 11 is 0. The van der Waals surface area contributed by atoms with Crippen LogP contribution in [-0.4, -0.2) is 0 Å². The minimum atomic E-state index is 1.24. The molecule has 0 heteroatoms. The van der Waals surface area contributed by atoms with Crippen LogP contribution in [0.1, 0.15) is 0 Å². The van der Waals surface area contributed by atoms with Gasteiger partial charge in [-0.25, -0.2) is 0 Å². The molecule has 0 fully saturated rings. The van der Waals surface area contributed by atoms with Gasteiger partial charge in [0.1, 0.15) is 0 Å². The van der Waals surface area contributed by atoms with E-state index >= 15 is 0 Å². The second kappa shape index (κ2) is 10.7. The Kier molecular flexibility index (Phi) is 5.98. The van der Waals surface area contributed by atoms with E-state index in [-0.39, 0.29) is 0 Å². The summed E-state index contributed by atoms with van der Waals surface area (Å²) in [6.07, 6.45) is 0. The van der Waals surface area contributed by atoms with Crippen molar-refractivity contribution in [1.82, 2.24) is 0 Å². The molecule has 0 bridgehead atoms. The fraction of sp³-hybridized carbons (Fsp3) is 0. The van der Waals surface area contributed by atoms with Crippen LogP contribution in [0, 0.1) is 0 Å². The third-order valence-corrected chi connectivity index (χ3v) is 10.2. The highest BCUT2D eigenvalue weighted by Gasteiger charge is 2.17. The van der Waals surface area contributed by atoms with Gasteiger partial charge in [-0.05, 0) is 116 Å². The predicted molar refractivity (Wildman–Crippen MR) is 208 cm³/mol. The summed E-state index contributed by atoms with van der Waals surface area (Å²) in [5.41, 5.74) is 7.56. The van der Waals surface area contributed by atoms with Crippen LogP contribution >= 0.6 is 0 Å². The maximum absolute atomic E-state index is 2.44. The molecular formula is C48H30. The van der Waals surface area contributed by atoms with Gasteiger partial charge in [-0.15, -0.1) is 0 Å². The molecule has 10 rings (SSSR count). The molecule has 0 heterocycles. The summed E-state index contributed by atoms with van der Waals surface area (Å²) in [6.45, 7) is 0. The fourth-order valence-corrected chi connectivity index (χ4v) is 8.03. The lowest BCUT2D eigenvalue weighted by atomic mass is 9.85. The molecule has 222 valence electrons. The van der Waals surface area contributed by atoms with Gasteiger partial charge >= 0.3 is 0 Å². The largest absolute Gasteiger partial charge is 0.0616 e. The summed E-state index contributed by atoms with van der Waals surface area (Å²) in [4.78, 5) is 0. The Labute approximate surface area is 279 Å². The molecule has 0 amide bonds. The molecule has 10 aromatic rings. The first-order valence-electron chi connectivity index (χ1n) is 16.7. The molecule has 0 atom stereocenters. The Bertz CT molecular complexity index is 2890. The zero-order chi connectivity index (χ0) is 31.6. The lowest BCUT2D eigenvalue weighted by Crippen LogP contribution is -1.91. The highest BCUT2D eigenvalue weighted by Crippen LogP contribution is 2.45. The van der Waals surface area contributed by atoms with Crippen molar-refractivity contribution in [2.45, 2.75) is 0 Å². The van der Waals surface area contributed by atoms with Crippen LogP contribution in [0.4, 0.5) is 0 Å². The third kappa shape index (κ3) is 4.10. The van der Waals surface area contributed by atoms with Crippen LogP contribution < -0.4 is 0 Å². The molecular weight excluding hydrogens is 577 g/mol. The summed E-state index contributed by atoms with van der Waals surface area (Å²) in [6, 6.07) is 67.1. The topological polar surface area (TPSA) is 0 Å². The average molecular weight is 607 g/mol. The highest BCUT2D eigenvalue weighted by molar-refractivity contribution is 6.27. The molecule has 0 nitrogen and oxygen atoms in total.